The number of aromatic nitrogens is 3. The second kappa shape index (κ2) is 15.9. The van der Waals surface area contributed by atoms with Crippen LogP contribution in [0.25, 0.3) is 0 Å². The average molecular weight is 714 g/mol. The first kappa shape index (κ1) is 38.5. The summed E-state index contributed by atoms with van der Waals surface area (Å²) in [7, 11) is 0. The molecule has 0 fully saturated rings. The van der Waals surface area contributed by atoms with E-state index in [4.69, 9.17) is 29.7 Å². The number of nitrogens with zero attached hydrogens (tertiary/aromatic N) is 6. The monoisotopic (exact) mass is 713 g/mol. The molecule has 0 radical (unpaired) electrons. The smallest absolute Gasteiger partial charge is 0.303 e. The fraction of sp³-hybridized carbons (Fsp3) is 0.550. The van der Waals surface area contributed by atoms with Gasteiger partial charge in [-0.1, -0.05) is 48.0 Å². The van der Waals surface area contributed by atoms with E-state index >= 15 is 0 Å². The Morgan fingerprint density at radius 2 is 1.81 bits per heavy atom. The number of amides is 1. The van der Waals surface area contributed by atoms with Gasteiger partial charge in [0.2, 0.25) is 5.82 Å². The van der Waals surface area contributed by atoms with Crippen LogP contribution in [0.1, 0.15) is 123 Å². The van der Waals surface area contributed by atoms with Gasteiger partial charge in [0.15, 0.2) is 11.9 Å². The summed E-state index contributed by atoms with van der Waals surface area (Å²) in [6, 6.07) is 13.6. The first-order chi connectivity index (χ1) is 24.6. The lowest BCUT2D eigenvalue weighted by molar-refractivity contribution is -0.137. The SMILES string of the molecule is CCCCOc1ccc(OC(C)C(=O)NCC(C)c2nc3n(n2)N=C(C(C)(C)C)C3=Nc2ccc3c(c2)C(C)CC(C)(C)N3CCCC(=O)O)cc1. The molecular formula is C40H55N7O5. The summed E-state index contributed by atoms with van der Waals surface area (Å²) in [6.07, 6.45) is 3.04. The molecule has 2 aliphatic heterocycles. The van der Waals surface area contributed by atoms with Crippen LogP contribution in [0.3, 0.4) is 0 Å². The number of hydrogen-bond acceptors (Lipinski definition) is 9. The highest BCUT2D eigenvalue weighted by molar-refractivity contribution is 6.50. The molecule has 280 valence electrons. The van der Waals surface area contributed by atoms with Crippen LogP contribution < -0.4 is 19.7 Å². The van der Waals surface area contributed by atoms with Gasteiger partial charge in [0.25, 0.3) is 5.91 Å². The van der Waals surface area contributed by atoms with Crippen molar-refractivity contribution in [2.45, 2.75) is 118 Å². The first-order valence-electron chi connectivity index (χ1n) is 18.5. The number of carbonyl (C=O) groups is 2. The van der Waals surface area contributed by atoms with Gasteiger partial charge in [0.05, 0.1) is 18.0 Å². The minimum Gasteiger partial charge on any atom is -0.494 e. The Labute approximate surface area is 307 Å². The zero-order valence-corrected chi connectivity index (χ0v) is 32.2. The standard InChI is InChI=1S/C40H55N7O5/c1-10-11-21-51-29-15-17-30(18-16-29)52-27(4)38(50)41-24-26(3)36-43-37-34(35(39(5,6)7)44-47(37)45-36)42-28-14-19-32-31(22-28)25(2)23-40(8,9)46(32)20-12-13-33(48)49/h14-19,22,25-27H,10-13,20-21,23-24H2,1-9H3,(H,41,50)(H,48,49). The number of hydrogen-bond donors (Lipinski definition) is 2. The van der Waals surface area contributed by atoms with E-state index < -0.39 is 12.1 Å². The number of carboxylic acids is 1. The fourth-order valence-electron chi connectivity index (χ4n) is 6.79. The van der Waals surface area contributed by atoms with Crippen LogP contribution in [0.15, 0.2) is 52.6 Å². The third-order valence-corrected chi connectivity index (χ3v) is 9.63. The molecule has 2 aliphatic rings. The number of benzene rings is 2. The van der Waals surface area contributed by atoms with Crippen molar-refractivity contribution in [1.82, 2.24) is 20.2 Å². The lowest BCUT2D eigenvalue weighted by Crippen LogP contribution is -2.48. The number of anilines is 1. The Morgan fingerprint density at radius 3 is 2.48 bits per heavy atom. The fourth-order valence-corrected chi connectivity index (χ4v) is 6.79. The van der Waals surface area contributed by atoms with Gasteiger partial charge in [0, 0.05) is 42.1 Å². The Morgan fingerprint density at radius 1 is 1.10 bits per heavy atom. The Balaban J connectivity index is 1.29. The van der Waals surface area contributed by atoms with Crippen LogP contribution in [-0.4, -0.2) is 74.6 Å². The van der Waals surface area contributed by atoms with Gasteiger partial charge in [-0.2, -0.15) is 5.10 Å². The van der Waals surface area contributed by atoms with Crippen LogP contribution in [0, 0.1) is 5.41 Å². The molecule has 12 heteroatoms. The lowest BCUT2D eigenvalue weighted by Gasteiger charge is -2.47. The van der Waals surface area contributed by atoms with Crippen molar-refractivity contribution >= 4 is 34.7 Å². The molecule has 0 saturated carbocycles. The molecule has 2 N–H and O–H groups in total. The summed E-state index contributed by atoms with van der Waals surface area (Å²) in [4.78, 5) is 38.1. The van der Waals surface area contributed by atoms with Gasteiger partial charge in [-0.15, -0.1) is 9.89 Å². The quantitative estimate of drug-likeness (QED) is 0.154. The van der Waals surface area contributed by atoms with Crippen molar-refractivity contribution in [1.29, 1.82) is 0 Å². The van der Waals surface area contributed by atoms with E-state index in [0.717, 1.165) is 42.1 Å². The van der Waals surface area contributed by atoms with E-state index in [9.17, 15) is 14.7 Å². The number of carbonyl (C=O) groups excluding carboxylic acids is 1. The second-order valence-electron chi connectivity index (χ2n) is 15.7. The Bertz CT molecular complexity index is 1810. The minimum atomic E-state index is -0.775. The number of aliphatic imine (C=N–C) groups is 1. The van der Waals surface area contributed by atoms with Gasteiger partial charge in [-0.05, 0) is 94.0 Å². The third-order valence-electron chi connectivity index (χ3n) is 9.63. The molecule has 0 saturated heterocycles. The lowest BCUT2D eigenvalue weighted by atomic mass is 9.79. The van der Waals surface area contributed by atoms with Crippen molar-refractivity contribution in [2.24, 2.45) is 15.5 Å². The highest BCUT2D eigenvalue weighted by Gasteiger charge is 2.38. The topological polar surface area (TPSA) is 144 Å². The van der Waals surface area contributed by atoms with Crippen molar-refractivity contribution < 1.29 is 24.2 Å². The zero-order chi connectivity index (χ0) is 37.8. The maximum atomic E-state index is 13.0. The number of unbranched alkanes of at least 4 members (excludes halogenated alkanes) is 1. The molecular weight excluding hydrogens is 658 g/mol. The van der Waals surface area contributed by atoms with Crippen molar-refractivity contribution in [3.8, 4) is 11.5 Å². The number of aliphatic carboxylic acids is 1. The van der Waals surface area contributed by atoms with Crippen LogP contribution in [0.2, 0.25) is 0 Å². The van der Waals surface area contributed by atoms with E-state index in [-0.39, 0.29) is 29.2 Å². The molecule has 1 aromatic heterocycles. The molecule has 3 heterocycles. The molecule has 2 aromatic carbocycles. The summed E-state index contributed by atoms with van der Waals surface area (Å²) < 4.78 is 11.6. The Kier molecular flexibility index (Phi) is 11.8. The highest BCUT2D eigenvalue weighted by atomic mass is 16.5. The van der Waals surface area contributed by atoms with E-state index in [1.165, 1.54) is 5.56 Å². The van der Waals surface area contributed by atoms with Crippen molar-refractivity contribution in [2.75, 3.05) is 24.6 Å². The number of nitrogens with one attached hydrogen (secondary N) is 1. The molecule has 1 amide bonds. The van der Waals surface area contributed by atoms with E-state index in [2.05, 4.69) is 70.8 Å². The normalized spacial score (nSPS) is 18.3. The molecule has 3 atom stereocenters. The second-order valence-corrected chi connectivity index (χ2v) is 15.7. The van der Waals surface area contributed by atoms with Gasteiger partial charge >= 0.3 is 5.97 Å². The largest absolute Gasteiger partial charge is 0.494 e. The van der Waals surface area contributed by atoms with Crippen molar-refractivity contribution in [3.05, 3.63) is 59.7 Å². The maximum absolute atomic E-state index is 13.0. The third kappa shape index (κ3) is 9.00. The molecule has 0 aliphatic carbocycles. The van der Waals surface area contributed by atoms with Gasteiger partial charge in [-0.25, -0.2) is 9.98 Å². The number of fused-ring (bicyclic) bond motifs is 2. The molecule has 52 heavy (non-hydrogen) atoms. The summed E-state index contributed by atoms with van der Waals surface area (Å²) in [6.45, 7) is 20.5. The molecule has 3 unspecified atom stereocenters. The summed E-state index contributed by atoms with van der Waals surface area (Å²) in [5, 5.41) is 21.8. The van der Waals surface area contributed by atoms with Crippen molar-refractivity contribution in [3.63, 3.8) is 0 Å². The van der Waals surface area contributed by atoms with Gasteiger partial charge < -0.3 is 24.8 Å². The predicted molar refractivity (Wildman–Crippen MR) is 205 cm³/mol. The number of rotatable bonds is 15. The highest BCUT2D eigenvalue weighted by Crippen LogP contribution is 2.45. The zero-order valence-electron chi connectivity index (χ0n) is 32.2. The van der Waals surface area contributed by atoms with E-state index in [1.54, 1.807) is 23.8 Å². The van der Waals surface area contributed by atoms with Crippen LogP contribution >= 0.6 is 0 Å². The predicted octanol–water partition coefficient (Wildman–Crippen LogP) is 7.49. The van der Waals surface area contributed by atoms with E-state index in [1.807, 2.05) is 25.1 Å². The molecule has 3 aromatic rings. The van der Waals surface area contributed by atoms with Crippen LogP contribution in [-0.2, 0) is 9.59 Å². The summed E-state index contributed by atoms with van der Waals surface area (Å²) in [5.41, 5.74) is 4.18. The molecule has 0 bridgehead atoms. The van der Waals surface area contributed by atoms with Crippen LogP contribution in [0.4, 0.5) is 11.4 Å². The molecule has 0 spiro atoms. The number of carboxylic acid groups (broad SMARTS) is 1. The minimum absolute atomic E-state index is 0.0978. The molecule has 12 nitrogen and oxygen atoms in total. The summed E-state index contributed by atoms with van der Waals surface area (Å²) >= 11 is 0. The summed E-state index contributed by atoms with van der Waals surface area (Å²) in [5.74, 6) is 1.60. The Hall–Kier alpha value is -4.74. The van der Waals surface area contributed by atoms with Gasteiger partial charge in [0.1, 0.15) is 17.2 Å². The average Bonchev–Trinajstić information content (AvgIpc) is 3.65. The number of ether oxygens (including phenoxy) is 2. The van der Waals surface area contributed by atoms with Gasteiger partial charge in [-0.3, -0.25) is 9.59 Å². The van der Waals surface area contributed by atoms with E-state index in [0.29, 0.717) is 55.1 Å². The van der Waals surface area contributed by atoms with Crippen LogP contribution in [0.5, 0.6) is 11.5 Å². The maximum Gasteiger partial charge on any atom is 0.303 e. The molecule has 5 rings (SSSR count). The first-order valence-corrected chi connectivity index (χ1v) is 18.5.